The Morgan fingerprint density at radius 2 is 2.33 bits per heavy atom. The third-order valence-corrected chi connectivity index (χ3v) is 2.59. The van der Waals surface area contributed by atoms with Crippen molar-refractivity contribution in [1.29, 1.82) is 0 Å². The first-order chi connectivity index (χ1) is 7.19. The van der Waals surface area contributed by atoms with Crippen molar-refractivity contribution < 1.29 is 9.53 Å². The molecule has 0 aromatic heterocycles. The van der Waals surface area contributed by atoms with E-state index in [-0.39, 0.29) is 18.1 Å². The lowest BCUT2D eigenvalue weighted by Crippen LogP contribution is -2.39. The largest absolute Gasteiger partial charge is 0.365 e. The lowest BCUT2D eigenvalue weighted by atomic mass is 10.2. The summed E-state index contributed by atoms with van der Waals surface area (Å²) in [5.74, 6) is 2.57. The van der Waals surface area contributed by atoms with E-state index in [1.165, 1.54) is 0 Å². The van der Waals surface area contributed by atoms with E-state index in [2.05, 4.69) is 5.92 Å². The molecule has 3 heteroatoms. The van der Waals surface area contributed by atoms with Crippen LogP contribution in [0.3, 0.4) is 0 Å². The third-order valence-electron chi connectivity index (χ3n) is 2.59. The van der Waals surface area contributed by atoms with Crippen LogP contribution in [0.25, 0.3) is 0 Å². The number of amides is 1. The second-order valence-corrected chi connectivity index (χ2v) is 3.98. The number of terminal acetylenes is 1. The number of rotatable bonds is 4. The zero-order valence-electron chi connectivity index (χ0n) is 9.53. The molecule has 2 atom stereocenters. The van der Waals surface area contributed by atoms with Crippen molar-refractivity contribution in [2.75, 3.05) is 13.1 Å². The maximum absolute atomic E-state index is 12.0. The molecule has 1 aliphatic heterocycles. The van der Waals surface area contributed by atoms with E-state index in [9.17, 15) is 4.79 Å². The van der Waals surface area contributed by atoms with Crippen LogP contribution < -0.4 is 0 Å². The van der Waals surface area contributed by atoms with Crippen molar-refractivity contribution >= 4 is 5.91 Å². The highest BCUT2D eigenvalue weighted by molar-refractivity contribution is 5.81. The summed E-state index contributed by atoms with van der Waals surface area (Å²) in [5.41, 5.74) is 0. The second-order valence-electron chi connectivity index (χ2n) is 3.98. The van der Waals surface area contributed by atoms with Gasteiger partial charge in [-0.2, -0.15) is 0 Å². The summed E-state index contributed by atoms with van der Waals surface area (Å²) < 4.78 is 5.54. The molecule has 1 heterocycles. The van der Waals surface area contributed by atoms with Crippen LogP contribution >= 0.6 is 0 Å². The SMILES string of the molecule is C#CCN(CCC)C(=O)C1CCC(C)O1. The van der Waals surface area contributed by atoms with Crippen molar-refractivity contribution in [3.05, 3.63) is 0 Å². The van der Waals surface area contributed by atoms with Crippen LogP contribution in [-0.4, -0.2) is 36.1 Å². The van der Waals surface area contributed by atoms with E-state index < -0.39 is 0 Å². The van der Waals surface area contributed by atoms with Gasteiger partial charge in [0.2, 0.25) is 0 Å². The summed E-state index contributed by atoms with van der Waals surface area (Å²) in [6.07, 6.45) is 7.89. The second kappa shape index (κ2) is 5.77. The van der Waals surface area contributed by atoms with Gasteiger partial charge in [-0.1, -0.05) is 12.8 Å². The summed E-state index contributed by atoms with van der Waals surface area (Å²) in [7, 11) is 0. The molecular weight excluding hydrogens is 190 g/mol. The van der Waals surface area contributed by atoms with E-state index in [0.29, 0.717) is 6.54 Å². The molecule has 1 aliphatic rings. The smallest absolute Gasteiger partial charge is 0.252 e. The van der Waals surface area contributed by atoms with E-state index in [0.717, 1.165) is 25.8 Å². The van der Waals surface area contributed by atoms with Gasteiger partial charge in [0.15, 0.2) is 0 Å². The average molecular weight is 209 g/mol. The minimum atomic E-state index is -0.264. The normalized spacial score (nSPS) is 24.9. The van der Waals surface area contributed by atoms with Gasteiger partial charge in [0.25, 0.3) is 5.91 Å². The Kier molecular flexibility index (Phi) is 4.64. The number of hydrogen-bond donors (Lipinski definition) is 0. The zero-order chi connectivity index (χ0) is 11.3. The van der Waals surface area contributed by atoms with Crippen LogP contribution in [0.2, 0.25) is 0 Å². The van der Waals surface area contributed by atoms with Crippen molar-refractivity contribution in [2.45, 2.75) is 45.3 Å². The quantitative estimate of drug-likeness (QED) is 0.655. The number of carbonyl (C=O) groups excluding carboxylic acids is 1. The summed E-state index contributed by atoms with van der Waals surface area (Å²) in [5, 5.41) is 0. The highest BCUT2D eigenvalue weighted by Crippen LogP contribution is 2.20. The molecule has 0 aromatic carbocycles. The first-order valence-corrected chi connectivity index (χ1v) is 5.56. The predicted molar refractivity (Wildman–Crippen MR) is 59.3 cm³/mol. The lowest BCUT2D eigenvalue weighted by Gasteiger charge is -2.22. The molecule has 3 nitrogen and oxygen atoms in total. The Hall–Kier alpha value is -1.01. The van der Waals surface area contributed by atoms with Crippen LogP contribution in [0.15, 0.2) is 0 Å². The van der Waals surface area contributed by atoms with E-state index >= 15 is 0 Å². The minimum Gasteiger partial charge on any atom is -0.365 e. The number of ether oxygens (including phenoxy) is 1. The molecule has 0 bridgehead atoms. The monoisotopic (exact) mass is 209 g/mol. The summed E-state index contributed by atoms with van der Waals surface area (Å²) >= 11 is 0. The average Bonchev–Trinajstić information content (AvgIpc) is 2.63. The van der Waals surface area contributed by atoms with Gasteiger partial charge < -0.3 is 9.64 Å². The van der Waals surface area contributed by atoms with E-state index in [1.54, 1.807) is 4.90 Å². The highest BCUT2D eigenvalue weighted by atomic mass is 16.5. The summed E-state index contributed by atoms with van der Waals surface area (Å²) in [4.78, 5) is 13.7. The molecule has 1 saturated heterocycles. The number of nitrogens with zero attached hydrogens (tertiary/aromatic N) is 1. The van der Waals surface area contributed by atoms with Crippen molar-refractivity contribution in [2.24, 2.45) is 0 Å². The highest BCUT2D eigenvalue weighted by Gasteiger charge is 2.30. The fraction of sp³-hybridized carbons (Fsp3) is 0.750. The molecule has 0 radical (unpaired) electrons. The third kappa shape index (κ3) is 3.24. The topological polar surface area (TPSA) is 29.5 Å². The van der Waals surface area contributed by atoms with Crippen molar-refractivity contribution in [3.8, 4) is 12.3 Å². The number of hydrogen-bond acceptors (Lipinski definition) is 2. The fourth-order valence-electron chi connectivity index (χ4n) is 1.84. The molecule has 0 aliphatic carbocycles. The van der Waals surface area contributed by atoms with Gasteiger partial charge in [0, 0.05) is 6.54 Å². The minimum absolute atomic E-state index is 0.0548. The molecule has 1 fully saturated rings. The van der Waals surface area contributed by atoms with Gasteiger partial charge >= 0.3 is 0 Å². The molecule has 0 saturated carbocycles. The van der Waals surface area contributed by atoms with Crippen LogP contribution in [0.4, 0.5) is 0 Å². The Labute approximate surface area is 91.8 Å². The van der Waals surface area contributed by atoms with Crippen LogP contribution in [0, 0.1) is 12.3 Å². The standard InChI is InChI=1S/C12H19NO2/c1-4-8-13(9-5-2)12(14)11-7-6-10(3)15-11/h1,10-11H,5-9H2,2-3H3. The van der Waals surface area contributed by atoms with Gasteiger partial charge in [-0.15, -0.1) is 6.42 Å². The van der Waals surface area contributed by atoms with E-state index in [4.69, 9.17) is 11.2 Å². The molecule has 1 amide bonds. The van der Waals surface area contributed by atoms with Crippen LogP contribution in [0.5, 0.6) is 0 Å². The van der Waals surface area contributed by atoms with Gasteiger partial charge in [-0.25, -0.2) is 0 Å². The van der Waals surface area contributed by atoms with Crippen LogP contribution in [-0.2, 0) is 9.53 Å². The maximum Gasteiger partial charge on any atom is 0.252 e. The first-order valence-electron chi connectivity index (χ1n) is 5.56. The van der Waals surface area contributed by atoms with Crippen molar-refractivity contribution in [1.82, 2.24) is 4.90 Å². The van der Waals surface area contributed by atoms with Gasteiger partial charge in [-0.3, -0.25) is 4.79 Å². The van der Waals surface area contributed by atoms with Crippen molar-refractivity contribution in [3.63, 3.8) is 0 Å². The first kappa shape index (κ1) is 12.1. The Morgan fingerprint density at radius 1 is 1.60 bits per heavy atom. The Bertz CT molecular complexity index is 257. The predicted octanol–water partition coefficient (Wildman–Crippen LogP) is 1.43. The Morgan fingerprint density at radius 3 is 2.80 bits per heavy atom. The molecule has 2 unspecified atom stereocenters. The molecule has 0 spiro atoms. The molecule has 0 N–H and O–H groups in total. The van der Waals surface area contributed by atoms with E-state index in [1.807, 2.05) is 13.8 Å². The van der Waals surface area contributed by atoms with Gasteiger partial charge in [0.1, 0.15) is 6.10 Å². The fourth-order valence-corrected chi connectivity index (χ4v) is 1.84. The Balaban J connectivity index is 2.52. The molecule has 1 rings (SSSR count). The molecular formula is C12H19NO2. The summed E-state index contributed by atoms with van der Waals surface area (Å²) in [6, 6.07) is 0. The number of carbonyl (C=O) groups is 1. The molecule has 0 aromatic rings. The maximum atomic E-state index is 12.0. The molecule has 84 valence electrons. The van der Waals surface area contributed by atoms with Gasteiger partial charge in [-0.05, 0) is 26.2 Å². The molecule has 15 heavy (non-hydrogen) atoms. The lowest BCUT2D eigenvalue weighted by molar-refractivity contribution is -0.142. The van der Waals surface area contributed by atoms with Gasteiger partial charge in [0.05, 0.1) is 12.6 Å². The summed E-state index contributed by atoms with van der Waals surface area (Å²) in [6.45, 7) is 5.14. The van der Waals surface area contributed by atoms with Crippen LogP contribution in [0.1, 0.15) is 33.1 Å². The zero-order valence-corrected chi connectivity index (χ0v) is 9.53.